The molecule has 0 aromatic heterocycles. The lowest BCUT2D eigenvalue weighted by molar-refractivity contribution is 0.125. The molecule has 18 heavy (non-hydrogen) atoms. The Balaban J connectivity index is 2.89. The van der Waals surface area contributed by atoms with Gasteiger partial charge in [0.2, 0.25) is 0 Å². The van der Waals surface area contributed by atoms with E-state index in [4.69, 9.17) is 5.73 Å². The van der Waals surface area contributed by atoms with Gasteiger partial charge < -0.3 is 10.8 Å². The molecule has 0 aliphatic carbocycles. The van der Waals surface area contributed by atoms with Gasteiger partial charge in [0.05, 0.1) is 12.1 Å². The van der Waals surface area contributed by atoms with Gasteiger partial charge in [0, 0.05) is 5.56 Å². The van der Waals surface area contributed by atoms with Crippen LogP contribution in [0.1, 0.15) is 43.9 Å². The van der Waals surface area contributed by atoms with Gasteiger partial charge in [-0.2, -0.15) is 0 Å². The Bertz CT molecular complexity index is 407. The molecule has 2 atom stereocenters. The highest BCUT2D eigenvalue weighted by Crippen LogP contribution is 2.26. The first kappa shape index (κ1) is 15.1. The quantitative estimate of drug-likeness (QED) is 0.851. The van der Waals surface area contributed by atoms with Gasteiger partial charge >= 0.3 is 0 Å². The van der Waals surface area contributed by atoms with Crippen molar-refractivity contribution in [3.8, 4) is 0 Å². The fourth-order valence-corrected chi connectivity index (χ4v) is 1.86. The van der Waals surface area contributed by atoms with Crippen molar-refractivity contribution in [3.05, 3.63) is 34.9 Å². The zero-order valence-electron chi connectivity index (χ0n) is 11.1. The van der Waals surface area contributed by atoms with Gasteiger partial charge in [0.1, 0.15) is 11.6 Å². The van der Waals surface area contributed by atoms with Gasteiger partial charge in [-0.15, -0.1) is 0 Å². The van der Waals surface area contributed by atoms with Gasteiger partial charge in [0.25, 0.3) is 0 Å². The van der Waals surface area contributed by atoms with Crippen LogP contribution < -0.4 is 5.73 Å². The first-order chi connectivity index (χ1) is 8.34. The predicted molar refractivity (Wildman–Crippen MR) is 68.1 cm³/mol. The van der Waals surface area contributed by atoms with E-state index in [9.17, 15) is 13.9 Å². The van der Waals surface area contributed by atoms with Gasteiger partial charge in [0.15, 0.2) is 0 Å². The molecule has 1 rings (SSSR count). The van der Waals surface area contributed by atoms with Crippen molar-refractivity contribution >= 4 is 0 Å². The number of rotatable bonds is 5. The second-order valence-corrected chi connectivity index (χ2v) is 5.16. The van der Waals surface area contributed by atoms with Crippen molar-refractivity contribution in [2.24, 2.45) is 11.7 Å². The van der Waals surface area contributed by atoms with E-state index in [0.717, 1.165) is 6.42 Å². The van der Waals surface area contributed by atoms with Crippen LogP contribution in [0.5, 0.6) is 0 Å². The number of hydrogen-bond acceptors (Lipinski definition) is 2. The Labute approximate surface area is 107 Å². The Hall–Kier alpha value is -1.00. The van der Waals surface area contributed by atoms with Crippen LogP contribution in [-0.4, -0.2) is 11.2 Å². The second-order valence-electron chi connectivity index (χ2n) is 5.16. The fourth-order valence-electron chi connectivity index (χ4n) is 1.86. The maximum absolute atomic E-state index is 13.8. The van der Waals surface area contributed by atoms with Crippen LogP contribution >= 0.6 is 0 Å². The summed E-state index contributed by atoms with van der Waals surface area (Å²) < 4.78 is 27.4. The van der Waals surface area contributed by atoms with Crippen molar-refractivity contribution in [2.75, 3.05) is 0 Å². The summed E-state index contributed by atoms with van der Waals surface area (Å²) in [5, 5.41) is 9.90. The van der Waals surface area contributed by atoms with Gasteiger partial charge in [-0.3, -0.25) is 0 Å². The van der Waals surface area contributed by atoms with Gasteiger partial charge in [-0.25, -0.2) is 8.78 Å². The van der Waals surface area contributed by atoms with E-state index >= 15 is 0 Å². The summed E-state index contributed by atoms with van der Waals surface area (Å²) in [5.74, 6) is -0.945. The Morgan fingerprint density at radius 2 is 1.83 bits per heavy atom. The highest BCUT2D eigenvalue weighted by atomic mass is 19.1. The standard InChI is InChI=1S/C14H21F2NO/c1-8(2)4-7-11(18)14(17)12-10(15)6-5-9(3)13(12)16/h5-6,8,11,14,18H,4,7,17H2,1-3H3/t11-,14-/m1/s1. The first-order valence-electron chi connectivity index (χ1n) is 6.22. The minimum absolute atomic E-state index is 0.216. The third-order valence-electron chi connectivity index (χ3n) is 3.11. The first-order valence-corrected chi connectivity index (χ1v) is 6.22. The topological polar surface area (TPSA) is 46.2 Å². The summed E-state index contributed by atoms with van der Waals surface area (Å²) in [6, 6.07) is 1.52. The highest BCUT2D eigenvalue weighted by molar-refractivity contribution is 5.29. The average molecular weight is 257 g/mol. The van der Waals surface area contributed by atoms with E-state index < -0.39 is 23.8 Å². The number of aliphatic hydroxyl groups excluding tert-OH is 1. The lowest BCUT2D eigenvalue weighted by Gasteiger charge is -2.21. The second kappa shape index (κ2) is 6.25. The molecule has 0 fully saturated rings. The van der Waals surface area contributed by atoms with E-state index in [0.29, 0.717) is 17.9 Å². The molecule has 0 heterocycles. The normalized spacial score (nSPS) is 14.9. The molecule has 4 heteroatoms. The van der Waals surface area contributed by atoms with Crippen molar-refractivity contribution in [3.63, 3.8) is 0 Å². The molecular formula is C14H21F2NO. The Morgan fingerprint density at radius 1 is 1.22 bits per heavy atom. The van der Waals surface area contributed by atoms with Crippen LogP contribution in [-0.2, 0) is 0 Å². The van der Waals surface area contributed by atoms with Gasteiger partial charge in [-0.05, 0) is 37.3 Å². The van der Waals surface area contributed by atoms with Crippen molar-refractivity contribution in [1.29, 1.82) is 0 Å². The molecule has 0 amide bonds. The monoisotopic (exact) mass is 257 g/mol. The average Bonchev–Trinajstić information content (AvgIpc) is 2.31. The molecule has 1 aromatic rings. The maximum Gasteiger partial charge on any atom is 0.133 e. The molecule has 1 aromatic carbocycles. The van der Waals surface area contributed by atoms with Crippen LogP contribution in [0.3, 0.4) is 0 Å². The number of nitrogens with two attached hydrogens (primary N) is 1. The Morgan fingerprint density at radius 3 is 2.39 bits per heavy atom. The molecule has 0 aliphatic heterocycles. The summed E-state index contributed by atoms with van der Waals surface area (Å²) in [6.07, 6.45) is 0.272. The van der Waals surface area contributed by atoms with Crippen molar-refractivity contribution < 1.29 is 13.9 Å². The molecule has 102 valence electrons. The molecular weight excluding hydrogens is 236 g/mol. The van der Waals surface area contributed by atoms with E-state index in [2.05, 4.69) is 0 Å². The number of aryl methyl sites for hydroxylation is 1. The molecule has 0 bridgehead atoms. The largest absolute Gasteiger partial charge is 0.391 e. The van der Waals surface area contributed by atoms with E-state index in [1.807, 2.05) is 13.8 Å². The summed E-state index contributed by atoms with van der Waals surface area (Å²) >= 11 is 0. The smallest absolute Gasteiger partial charge is 0.133 e. The molecule has 0 aliphatic rings. The zero-order valence-corrected chi connectivity index (χ0v) is 11.1. The number of benzene rings is 1. The molecule has 0 unspecified atom stereocenters. The lowest BCUT2D eigenvalue weighted by Crippen LogP contribution is -2.28. The summed E-state index contributed by atoms with van der Waals surface area (Å²) in [5.41, 5.74) is 5.88. The summed E-state index contributed by atoms with van der Waals surface area (Å²) in [6.45, 7) is 5.59. The third-order valence-corrected chi connectivity index (χ3v) is 3.11. The lowest BCUT2D eigenvalue weighted by atomic mass is 9.94. The summed E-state index contributed by atoms with van der Waals surface area (Å²) in [7, 11) is 0. The van der Waals surface area contributed by atoms with Crippen LogP contribution in [0.2, 0.25) is 0 Å². The number of aliphatic hydroxyl groups is 1. The SMILES string of the molecule is Cc1ccc(F)c([C@H](N)[C@H](O)CCC(C)C)c1F. The van der Waals surface area contributed by atoms with E-state index in [1.54, 1.807) is 6.92 Å². The molecule has 0 spiro atoms. The van der Waals surface area contributed by atoms with Crippen molar-refractivity contribution in [2.45, 2.75) is 45.8 Å². The fraction of sp³-hybridized carbons (Fsp3) is 0.571. The van der Waals surface area contributed by atoms with E-state index in [1.165, 1.54) is 12.1 Å². The van der Waals surface area contributed by atoms with Crippen LogP contribution in [0.15, 0.2) is 12.1 Å². The molecule has 0 saturated heterocycles. The molecule has 0 saturated carbocycles. The molecule has 3 N–H and O–H groups in total. The molecule has 2 nitrogen and oxygen atoms in total. The minimum atomic E-state index is -1.02. The molecule has 0 radical (unpaired) electrons. The summed E-state index contributed by atoms with van der Waals surface area (Å²) in [4.78, 5) is 0. The Kier molecular flexibility index (Phi) is 5.23. The van der Waals surface area contributed by atoms with Crippen LogP contribution in [0.4, 0.5) is 8.78 Å². The van der Waals surface area contributed by atoms with E-state index in [-0.39, 0.29) is 5.56 Å². The van der Waals surface area contributed by atoms with Crippen LogP contribution in [0, 0.1) is 24.5 Å². The number of hydrogen-bond donors (Lipinski definition) is 2. The maximum atomic E-state index is 13.8. The third kappa shape index (κ3) is 3.50. The van der Waals surface area contributed by atoms with Crippen molar-refractivity contribution in [1.82, 2.24) is 0 Å². The number of halogens is 2. The van der Waals surface area contributed by atoms with Gasteiger partial charge in [-0.1, -0.05) is 19.9 Å². The minimum Gasteiger partial charge on any atom is -0.391 e. The van der Waals surface area contributed by atoms with Crippen LogP contribution in [0.25, 0.3) is 0 Å². The predicted octanol–water partition coefficient (Wildman–Crippen LogP) is 3.07. The zero-order chi connectivity index (χ0) is 13.9. The highest BCUT2D eigenvalue weighted by Gasteiger charge is 2.24.